The number of ether oxygens (including phenoxy) is 1. The predicted octanol–water partition coefficient (Wildman–Crippen LogP) is 0.880. The first-order chi connectivity index (χ1) is 8.15. The highest BCUT2D eigenvalue weighted by atomic mass is 16.5. The number of carboxylic acid groups (broad SMARTS) is 1. The lowest BCUT2D eigenvalue weighted by Crippen LogP contribution is -2.33. The summed E-state index contributed by atoms with van der Waals surface area (Å²) >= 11 is 0. The minimum atomic E-state index is -1.26. The molecule has 1 N–H and O–H groups in total. The van der Waals surface area contributed by atoms with Gasteiger partial charge in [-0.3, -0.25) is 9.79 Å². The molecule has 1 aliphatic carbocycles. The fourth-order valence-corrected chi connectivity index (χ4v) is 1.72. The molecule has 1 heterocycles. The van der Waals surface area contributed by atoms with E-state index in [1.54, 1.807) is 18.2 Å². The minimum Gasteiger partial charge on any atom is -0.477 e. The number of carbonyl (C=O) groups is 2. The van der Waals surface area contributed by atoms with Crippen molar-refractivity contribution in [3.05, 3.63) is 35.6 Å². The normalized spacial score (nSPS) is 22.5. The maximum absolute atomic E-state index is 11.9. The second-order valence-electron chi connectivity index (χ2n) is 3.53. The van der Waals surface area contributed by atoms with Gasteiger partial charge in [0.2, 0.25) is 5.78 Å². The Morgan fingerprint density at radius 1 is 1.59 bits per heavy atom. The van der Waals surface area contributed by atoms with Crippen molar-refractivity contribution in [3.8, 4) is 0 Å². The van der Waals surface area contributed by atoms with Gasteiger partial charge in [-0.2, -0.15) is 0 Å². The standard InChI is InChI=1S/C12H11NO4/c1-2-17-9-5-3-4-7-10(9)13-6-8(11(7)14)12(15)16/h3-6,9H,2H2,1H3,(H,15,16). The van der Waals surface area contributed by atoms with E-state index in [4.69, 9.17) is 9.84 Å². The number of hydrogen-bond donors (Lipinski definition) is 1. The summed E-state index contributed by atoms with van der Waals surface area (Å²) in [7, 11) is 0. The fraction of sp³-hybridized carbons (Fsp3) is 0.250. The van der Waals surface area contributed by atoms with Gasteiger partial charge >= 0.3 is 5.97 Å². The molecule has 0 bridgehead atoms. The molecule has 0 radical (unpaired) electrons. The Labute approximate surface area is 97.8 Å². The number of aliphatic imine (C=N–C) groups is 1. The summed E-state index contributed by atoms with van der Waals surface area (Å²) in [5, 5.41) is 8.83. The van der Waals surface area contributed by atoms with Crippen LogP contribution in [0.25, 0.3) is 0 Å². The van der Waals surface area contributed by atoms with Crippen LogP contribution < -0.4 is 0 Å². The molecular formula is C12H11NO4. The van der Waals surface area contributed by atoms with E-state index in [0.29, 0.717) is 17.9 Å². The lowest BCUT2D eigenvalue weighted by molar-refractivity contribution is -0.134. The molecule has 0 saturated carbocycles. The Morgan fingerprint density at radius 3 is 3.00 bits per heavy atom. The molecule has 0 amide bonds. The Balaban J connectivity index is 2.40. The van der Waals surface area contributed by atoms with Crippen LogP contribution >= 0.6 is 0 Å². The third kappa shape index (κ3) is 1.97. The van der Waals surface area contributed by atoms with E-state index in [2.05, 4.69) is 4.99 Å². The third-order valence-electron chi connectivity index (χ3n) is 2.49. The quantitative estimate of drug-likeness (QED) is 0.734. The van der Waals surface area contributed by atoms with Gasteiger partial charge in [-0.1, -0.05) is 6.08 Å². The van der Waals surface area contributed by atoms with Crippen molar-refractivity contribution < 1.29 is 19.4 Å². The smallest absolute Gasteiger partial charge is 0.341 e. The first-order valence-electron chi connectivity index (χ1n) is 5.21. The third-order valence-corrected chi connectivity index (χ3v) is 2.49. The van der Waals surface area contributed by atoms with Crippen LogP contribution in [0.5, 0.6) is 0 Å². The van der Waals surface area contributed by atoms with E-state index in [9.17, 15) is 9.59 Å². The van der Waals surface area contributed by atoms with Crippen molar-refractivity contribution in [3.63, 3.8) is 0 Å². The summed E-state index contributed by atoms with van der Waals surface area (Å²) in [5.41, 5.74) is 0.459. The fourth-order valence-electron chi connectivity index (χ4n) is 1.72. The number of nitrogens with zero attached hydrogens (tertiary/aromatic N) is 1. The van der Waals surface area contributed by atoms with Gasteiger partial charge in [0.15, 0.2) is 0 Å². The largest absolute Gasteiger partial charge is 0.477 e. The highest BCUT2D eigenvalue weighted by Crippen LogP contribution is 2.22. The summed E-state index contributed by atoms with van der Waals surface area (Å²) in [6.07, 6.45) is 5.72. The van der Waals surface area contributed by atoms with Crippen molar-refractivity contribution in [2.45, 2.75) is 13.0 Å². The number of carbonyl (C=O) groups excluding carboxylic acids is 1. The minimum absolute atomic E-state index is 0.297. The van der Waals surface area contributed by atoms with Crippen molar-refractivity contribution in [2.24, 2.45) is 4.99 Å². The molecular weight excluding hydrogens is 222 g/mol. The number of hydrogen-bond acceptors (Lipinski definition) is 4. The number of carboxylic acids is 1. The molecule has 0 spiro atoms. The molecule has 1 atom stereocenters. The second kappa shape index (κ2) is 4.47. The molecule has 88 valence electrons. The molecule has 0 fully saturated rings. The number of ketones is 1. The maximum atomic E-state index is 11.9. The lowest BCUT2D eigenvalue weighted by atomic mass is 9.91. The van der Waals surface area contributed by atoms with E-state index < -0.39 is 11.8 Å². The molecule has 5 heteroatoms. The van der Waals surface area contributed by atoms with Crippen LogP contribution in [0, 0.1) is 0 Å². The molecule has 0 aromatic carbocycles. The topological polar surface area (TPSA) is 76.0 Å². The van der Waals surface area contributed by atoms with Gasteiger partial charge in [-0.05, 0) is 19.1 Å². The molecule has 1 aliphatic heterocycles. The molecule has 2 rings (SSSR count). The van der Waals surface area contributed by atoms with Crippen molar-refractivity contribution in [1.29, 1.82) is 0 Å². The first kappa shape index (κ1) is 11.5. The number of fused-ring (bicyclic) bond motifs is 1. The zero-order valence-corrected chi connectivity index (χ0v) is 9.21. The average Bonchev–Trinajstić information content (AvgIpc) is 2.30. The molecule has 1 unspecified atom stereocenters. The zero-order valence-electron chi connectivity index (χ0n) is 9.21. The molecule has 2 aliphatic rings. The number of rotatable bonds is 3. The SMILES string of the molecule is CCOC1C=CC=C2C(=O)C(C(=O)O)=CN=C21. The lowest BCUT2D eigenvalue weighted by Gasteiger charge is -2.22. The Hall–Kier alpha value is -2.01. The van der Waals surface area contributed by atoms with Crippen LogP contribution in [0.3, 0.4) is 0 Å². The van der Waals surface area contributed by atoms with Gasteiger partial charge < -0.3 is 9.84 Å². The van der Waals surface area contributed by atoms with Crippen LogP contribution in [0.4, 0.5) is 0 Å². The highest BCUT2D eigenvalue weighted by Gasteiger charge is 2.32. The number of Topliss-reactive ketones (excluding diaryl/α,β-unsaturated/α-hetero) is 1. The molecule has 17 heavy (non-hydrogen) atoms. The monoisotopic (exact) mass is 233 g/mol. The van der Waals surface area contributed by atoms with E-state index in [1.165, 1.54) is 0 Å². The number of allylic oxidation sites excluding steroid dienone is 2. The van der Waals surface area contributed by atoms with E-state index in [-0.39, 0.29) is 11.7 Å². The van der Waals surface area contributed by atoms with Crippen LogP contribution in [0.2, 0.25) is 0 Å². The van der Waals surface area contributed by atoms with Crippen LogP contribution in [-0.4, -0.2) is 35.3 Å². The van der Waals surface area contributed by atoms with Crippen molar-refractivity contribution in [1.82, 2.24) is 0 Å². The number of aliphatic carboxylic acids is 1. The van der Waals surface area contributed by atoms with Crippen LogP contribution in [-0.2, 0) is 14.3 Å². The molecule has 0 aromatic heterocycles. The Morgan fingerprint density at radius 2 is 2.35 bits per heavy atom. The summed E-state index contributed by atoms with van der Waals surface area (Å²) in [6, 6.07) is 0. The maximum Gasteiger partial charge on any atom is 0.341 e. The zero-order chi connectivity index (χ0) is 12.4. The predicted molar refractivity (Wildman–Crippen MR) is 60.8 cm³/mol. The summed E-state index contributed by atoms with van der Waals surface area (Å²) < 4.78 is 5.41. The Bertz CT molecular complexity index is 497. The summed E-state index contributed by atoms with van der Waals surface area (Å²) in [5.74, 6) is -1.78. The highest BCUT2D eigenvalue weighted by molar-refractivity contribution is 6.37. The van der Waals surface area contributed by atoms with Gasteiger partial charge in [0.05, 0.1) is 5.71 Å². The van der Waals surface area contributed by atoms with E-state index >= 15 is 0 Å². The van der Waals surface area contributed by atoms with Crippen LogP contribution in [0.1, 0.15) is 6.92 Å². The van der Waals surface area contributed by atoms with E-state index in [1.807, 2.05) is 6.92 Å². The van der Waals surface area contributed by atoms with Gasteiger partial charge in [0.25, 0.3) is 0 Å². The summed E-state index contributed by atoms with van der Waals surface area (Å²) in [4.78, 5) is 26.7. The average molecular weight is 233 g/mol. The summed E-state index contributed by atoms with van der Waals surface area (Å²) in [6.45, 7) is 2.33. The molecule has 0 aromatic rings. The Kier molecular flexibility index (Phi) is 3.01. The van der Waals surface area contributed by atoms with Gasteiger partial charge in [-0.15, -0.1) is 0 Å². The van der Waals surface area contributed by atoms with Crippen molar-refractivity contribution in [2.75, 3.05) is 6.61 Å². The first-order valence-corrected chi connectivity index (χ1v) is 5.21. The van der Waals surface area contributed by atoms with Crippen molar-refractivity contribution >= 4 is 17.5 Å². The van der Waals surface area contributed by atoms with E-state index in [0.717, 1.165) is 6.20 Å². The van der Waals surface area contributed by atoms with Crippen LogP contribution in [0.15, 0.2) is 40.6 Å². The van der Waals surface area contributed by atoms with Gasteiger partial charge in [0, 0.05) is 18.4 Å². The molecule has 5 nitrogen and oxygen atoms in total. The molecule has 0 saturated heterocycles. The second-order valence-corrected chi connectivity index (χ2v) is 3.53. The van der Waals surface area contributed by atoms with Gasteiger partial charge in [0.1, 0.15) is 11.7 Å². The van der Waals surface area contributed by atoms with Gasteiger partial charge in [-0.25, -0.2) is 4.79 Å².